The molecular formula is C17H20ClN5O2. The Morgan fingerprint density at radius 2 is 2.20 bits per heavy atom. The van der Waals surface area contributed by atoms with Crippen LogP contribution < -0.4 is 20.3 Å². The minimum atomic E-state index is -0.304. The van der Waals surface area contributed by atoms with Gasteiger partial charge < -0.3 is 20.3 Å². The number of ether oxygens (including phenoxy) is 1. The van der Waals surface area contributed by atoms with Crippen molar-refractivity contribution in [2.75, 3.05) is 30.4 Å². The van der Waals surface area contributed by atoms with Crippen LogP contribution >= 0.6 is 11.6 Å². The van der Waals surface area contributed by atoms with Crippen LogP contribution in [0.1, 0.15) is 12.8 Å². The molecule has 3 rings (SSSR count). The van der Waals surface area contributed by atoms with Gasteiger partial charge in [-0.15, -0.1) is 0 Å². The minimum Gasteiger partial charge on any atom is -0.495 e. The Labute approximate surface area is 151 Å². The number of aromatic nitrogens is 2. The van der Waals surface area contributed by atoms with Crippen LogP contribution in [-0.2, 0) is 0 Å². The molecule has 1 fully saturated rings. The number of anilines is 2. The van der Waals surface area contributed by atoms with E-state index >= 15 is 0 Å². The van der Waals surface area contributed by atoms with E-state index in [-0.39, 0.29) is 12.1 Å². The van der Waals surface area contributed by atoms with Gasteiger partial charge in [0.05, 0.1) is 12.8 Å². The smallest absolute Gasteiger partial charge is 0.319 e. The number of urea groups is 1. The summed E-state index contributed by atoms with van der Waals surface area (Å²) >= 11 is 5.98. The molecule has 8 heteroatoms. The number of nitrogens with one attached hydrogen (secondary N) is 2. The van der Waals surface area contributed by atoms with Crippen molar-refractivity contribution >= 4 is 29.3 Å². The van der Waals surface area contributed by atoms with Crippen molar-refractivity contribution in [1.29, 1.82) is 0 Å². The number of methoxy groups -OCH3 is 1. The molecule has 0 aliphatic carbocycles. The summed E-state index contributed by atoms with van der Waals surface area (Å²) in [6.45, 7) is 1.40. The second-order valence-electron chi connectivity index (χ2n) is 5.72. The molecule has 1 aliphatic heterocycles. The Kier molecular flexibility index (Phi) is 5.55. The SMILES string of the molecule is COc1ccc(Cl)cc1NC(=O)NC[C@@H]1CCCN1c1ncccn1. The molecule has 0 saturated carbocycles. The van der Waals surface area contributed by atoms with E-state index in [4.69, 9.17) is 16.3 Å². The van der Waals surface area contributed by atoms with Crippen LogP contribution in [0.3, 0.4) is 0 Å². The molecular weight excluding hydrogens is 342 g/mol. The fraction of sp³-hybridized carbons (Fsp3) is 0.353. The summed E-state index contributed by atoms with van der Waals surface area (Å²) in [5.41, 5.74) is 0.530. The van der Waals surface area contributed by atoms with Crippen molar-refractivity contribution < 1.29 is 9.53 Å². The summed E-state index contributed by atoms with van der Waals surface area (Å²) in [6.07, 6.45) is 5.49. The maximum absolute atomic E-state index is 12.2. The highest BCUT2D eigenvalue weighted by atomic mass is 35.5. The predicted octanol–water partition coefficient (Wildman–Crippen LogP) is 2.93. The molecule has 0 spiro atoms. The molecule has 2 aromatic rings. The normalized spacial score (nSPS) is 16.6. The average molecular weight is 362 g/mol. The monoisotopic (exact) mass is 361 g/mol. The lowest BCUT2D eigenvalue weighted by molar-refractivity contribution is 0.251. The first-order valence-electron chi connectivity index (χ1n) is 8.09. The number of carbonyl (C=O) groups is 1. The van der Waals surface area contributed by atoms with Crippen LogP contribution in [0, 0.1) is 0 Å². The highest BCUT2D eigenvalue weighted by Gasteiger charge is 2.26. The quantitative estimate of drug-likeness (QED) is 0.856. The third-order valence-corrected chi connectivity index (χ3v) is 4.33. The number of hydrogen-bond acceptors (Lipinski definition) is 5. The van der Waals surface area contributed by atoms with Crippen LogP contribution in [0.25, 0.3) is 0 Å². The van der Waals surface area contributed by atoms with E-state index in [1.807, 2.05) is 0 Å². The molecule has 2 amide bonds. The highest BCUT2D eigenvalue weighted by Crippen LogP contribution is 2.27. The number of halogens is 1. The third kappa shape index (κ3) is 4.30. The fourth-order valence-electron chi connectivity index (χ4n) is 2.91. The third-order valence-electron chi connectivity index (χ3n) is 4.09. The van der Waals surface area contributed by atoms with Crippen LogP contribution in [0.4, 0.5) is 16.4 Å². The summed E-state index contributed by atoms with van der Waals surface area (Å²) in [5, 5.41) is 6.20. The van der Waals surface area contributed by atoms with Gasteiger partial charge in [0.25, 0.3) is 0 Å². The van der Waals surface area contributed by atoms with E-state index < -0.39 is 0 Å². The number of rotatable bonds is 5. The number of amides is 2. The predicted molar refractivity (Wildman–Crippen MR) is 97.4 cm³/mol. The van der Waals surface area contributed by atoms with Gasteiger partial charge in [0.1, 0.15) is 5.75 Å². The average Bonchev–Trinajstić information content (AvgIpc) is 3.09. The van der Waals surface area contributed by atoms with Gasteiger partial charge in [0, 0.05) is 36.5 Å². The molecule has 1 atom stereocenters. The van der Waals surface area contributed by atoms with Crippen LogP contribution in [0.5, 0.6) is 5.75 Å². The maximum Gasteiger partial charge on any atom is 0.319 e. The zero-order valence-electron chi connectivity index (χ0n) is 13.9. The van der Waals surface area contributed by atoms with Crippen molar-refractivity contribution in [3.05, 3.63) is 41.7 Å². The van der Waals surface area contributed by atoms with Crippen LogP contribution in [0.2, 0.25) is 5.02 Å². The Bertz CT molecular complexity index is 728. The van der Waals surface area contributed by atoms with Gasteiger partial charge in [-0.25, -0.2) is 14.8 Å². The van der Waals surface area contributed by atoms with E-state index in [1.165, 1.54) is 0 Å². The molecule has 0 unspecified atom stereocenters. The number of hydrogen-bond donors (Lipinski definition) is 2. The maximum atomic E-state index is 12.2. The Morgan fingerprint density at radius 3 is 2.96 bits per heavy atom. The van der Waals surface area contributed by atoms with Gasteiger partial charge in [0.2, 0.25) is 5.95 Å². The molecule has 132 valence electrons. The van der Waals surface area contributed by atoms with Gasteiger partial charge >= 0.3 is 6.03 Å². The summed E-state index contributed by atoms with van der Waals surface area (Å²) in [4.78, 5) is 22.9. The van der Waals surface area contributed by atoms with E-state index in [0.717, 1.165) is 19.4 Å². The highest BCUT2D eigenvalue weighted by molar-refractivity contribution is 6.31. The zero-order chi connectivity index (χ0) is 17.6. The first-order valence-corrected chi connectivity index (χ1v) is 8.47. The van der Waals surface area contributed by atoms with Crippen LogP contribution in [0.15, 0.2) is 36.7 Å². The zero-order valence-corrected chi connectivity index (χ0v) is 14.7. The lowest BCUT2D eigenvalue weighted by atomic mass is 10.2. The van der Waals surface area contributed by atoms with Gasteiger partial charge in [-0.3, -0.25) is 0 Å². The molecule has 0 bridgehead atoms. The molecule has 2 heterocycles. The Balaban J connectivity index is 1.58. The molecule has 1 aromatic carbocycles. The molecule has 1 aliphatic rings. The van der Waals surface area contributed by atoms with Gasteiger partial charge in [-0.2, -0.15) is 0 Å². The van der Waals surface area contributed by atoms with Crippen molar-refractivity contribution in [3.8, 4) is 5.75 Å². The van der Waals surface area contributed by atoms with E-state index in [0.29, 0.717) is 29.0 Å². The molecule has 1 aromatic heterocycles. The van der Waals surface area contributed by atoms with Crippen molar-refractivity contribution in [2.24, 2.45) is 0 Å². The first-order chi connectivity index (χ1) is 12.2. The largest absolute Gasteiger partial charge is 0.495 e. The molecule has 2 N–H and O–H groups in total. The van der Waals surface area contributed by atoms with E-state index in [1.54, 1.807) is 43.8 Å². The summed E-state index contributed by atoms with van der Waals surface area (Å²) in [6, 6.07) is 6.73. The second kappa shape index (κ2) is 8.02. The summed E-state index contributed by atoms with van der Waals surface area (Å²) in [7, 11) is 1.54. The number of nitrogens with zero attached hydrogens (tertiary/aromatic N) is 3. The number of carbonyl (C=O) groups excluding carboxylic acids is 1. The second-order valence-corrected chi connectivity index (χ2v) is 6.15. The van der Waals surface area contributed by atoms with E-state index in [2.05, 4.69) is 25.5 Å². The Hall–Kier alpha value is -2.54. The van der Waals surface area contributed by atoms with Gasteiger partial charge in [0.15, 0.2) is 0 Å². The molecule has 1 saturated heterocycles. The number of benzene rings is 1. The van der Waals surface area contributed by atoms with Crippen molar-refractivity contribution in [3.63, 3.8) is 0 Å². The Morgan fingerprint density at radius 1 is 1.40 bits per heavy atom. The van der Waals surface area contributed by atoms with Gasteiger partial charge in [-0.1, -0.05) is 11.6 Å². The fourth-order valence-corrected chi connectivity index (χ4v) is 3.08. The molecule has 7 nitrogen and oxygen atoms in total. The lowest BCUT2D eigenvalue weighted by Crippen LogP contribution is -2.42. The van der Waals surface area contributed by atoms with Crippen LogP contribution in [-0.4, -0.2) is 42.2 Å². The topological polar surface area (TPSA) is 79.4 Å². The molecule has 0 radical (unpaired) electrons. The van der Waals surface area contributed by atoms with Gasteiger partial charge in [-0.05, 0) is 37.1 Å². The molecule has 25 heavy (non-hydrogen) atoms. The van der Waals surface area contributed by atoms with E-state index in [9.17, 15) is 4.79 Å². The summed E-state index contributed by atoms with van der Waals surface area (Å²) in [5.74, 6) is 1.25. The standard InChI is InChI=1S/C17H20ClN5O2/c1-25-15-6-5-12(18)10-14(15)22-17(24)21-11-13-4-2-9-23(13)16-19-7-3-8-20-16/h3,5-8,10,13H,2,4,9,11H2,1H3,(H2,21,22,24)/t13-/m0/s1. The summed E-state index contributed by atoms with van der Waals surface area (Å²) < 4.78 is 5.23. The first kappa shape index (κ1) is 17.3. The van der Waals surface area contributed by atoms with Crippen molar-refractivity contribution in [1.82, 2.24) is 15.3 Å². The lowest BCUT2D eigenvalue weighted by Gasteiger charge is -2.24. The van der Waals surface area contributed by atoms with Crippen molar-refractivity contribution in [2.45, 2.75) is 18.9 Å². The minimum absolute atomic E-state index is 0.175.